The Morgan fingerprint density at radius 3 is 2.54 bits per heavy atom. The molecule has 0 N–H and O–H groups in total. The highest BCUT2D eigenvalue weighted by Crippen LogP contribution is 2.70. The lowest BCUT2D eigenvalue weighted by atomic mass is 9.45. The number of ether oxygens (including phenoxy) is 1. The molecule has 0 radical (unpaired) electrons. The molecule has 2 heteroatoms. The molecule has 0 unspecified atom stereocenters. The molecule has 0 saturated heterocycles. The van der Waals surface area contributed by atoms with E-state index < -0.39 is 0 Å². The molecule has 0 bridgehead atoms. The first-order valence-electron chi connectivity index (χ1n) is 11.9. The van der Waals surface area contributed by atoms with E-state index in [1.807, 2.05) is 0 Å². The molecule has 4 rings (SSSR count). The number of allylic oxidation sites excluding steroid dienone is 4. The first-order valence-corrected chi connectivity index (χ1v) is 11.9. The SMILES string of the molecule is CCOC1=CC2=CC[C@@H]3[C@H](CC[C@@]4(C)[C@H]3CC[C@]4(CC)C(=O)CC)[C@@]2(C)CC1. The van der Waals surface area contributed by atoms with Gasteiger partial charge in [0.1, 0.15) is 5.78 Å². The van der Waals surface area contributed by atoms with Gasteiger partial charge >= 0.3 is 0 Å². The van der Waals surface area contributed by atoms with E-state index in [9.17, 15) is 4.79 Å². The van der Waals surface area contributed by atoms with E-state index >= 15 is 0 Å². The molecule has 6 atom stereocenters. The van der Waals surface area contributed by atoms with Crippen LogP contribution in [0.15, 0.2) is 23.5 Å². The molecule has 2 nitrogen and oxygen atoms in total. The fraction of sp³-hybridized carbons (Fsp3) is 0.808. The van der Waals surface area contributed by atoms with Gasteiger partial charge in [-0.1, -0.05) is 33.8 Å². The zero-order chi connectivity index (χ0) is 20.2. The van der Waals surface area contributed by atoms with Crippen molar-refractivity contribution in [2.24, 2.45) is 34.0 Å². The zero-order valence-electron chi connectivity index (χ0n) is 18.8. The van der Waals surface area contributed by atoms with Crippen molar-refractivity contribution in [3.8, 4) is 0 Å². The molecule has 2 saturated carbocycles. The maximum absolute atomic E-state index is 13.1. The molecule has 0 heterocycles. The number of hydrogen-bond acceptors (Lipinski definition) is 2. The number of hydrogen-bond donors (Lipinski definition) is 0. The first-order chi connectivity index (χ1) is 13.4. The second kappa shape index (κ2) is 7.03. The summed E-state index contributed by atoms with van der Waals surface area (Å²) in [7, 11) is 0. The summed E-state index contributed by atoms with van der Waals surface area (Å²) in [6.07, 6.45) is 15.1. The van der Waals surface area contributed by atoms with Crippen LogP contribution >= 0.6 is 0 Å². The molecule has 2 fully saturated rings. The molecule has 0 aromatic rings. The van der Waals surface area contributed by atoms with Gasteiger partial charge in [-0.3, -0.25) is 4.79 Å². The number of rotatable bonds is 5. The fourth-order valence-corrected chi connectivity index (χ4v) is 8.31. The van der Waals surface area contributed by atoms with Crippen molar-refractivity contribution in [1.82, 2.24) is 0 Å². The van der Waals surface area contributed by atoms with Gasteiger partial charge in [-0.2, -0.15) is 0 Å². The van der Waals surface area contributed by atoms with E-state index in [0.29, 0.717) is 23.5 Å². The van der Waals surface area contributed by atoms with Crippen LogP contribution in [0.5, 0.6) is 0 Å². The summed E-state index contributed by atoms with van der Waals surface area (Å²) in [6, 6.07) is 0. The van der Waals surface area contributed by atoms with E-state index in [1.54, 1.807) is 0 Å². The Kier molecular flexibility index (Phi) is 5.08. The van der Waals surface area contributed by atoms with Crippen molar-refractivity contribution in [3.05, 3.63) is 23.5 Å². The smallest absolute Gasteiger partial charge is 0.139 e. The highest BCUT2D eigenvalue weighted by molar-refractivity contribution is 5.86. The van der Waals surface area contributed by atoms with Gasteiger partial charge in [0, 0.05) is 18.3 Å². The molecule has 156 valence electrons. The molecule has 4 aliphatic carbocycles. The molecule has 0 amide bonds. The van der Waals surface area contributed by atoms with Crippen LogP contribution in [0.4, 0.5) is 0 Å². The van der Waals surface area contributed by atoms with E-state index in [2.05, 4.69) is 46.8 Å². The lowest BCUT2D eigenvalue weighted by Gasteiger charge is -2.59. The molecule has 4 aliphatic rings. The van der Waals surface area contributed by atoms with E-state index in [-0.39, 0.29) is 10.8 Å². The summed E-state index contributed by atoms with van der Waals surface area (Å²) in [5, 5.41) is 0. The predicted molar refractivity (Wildman–Crippen MR) is 115 cm³/mol. The van der Waals surface area contributed by atoms with Crippen molar-refractivity contribution in [2.45, 2.75) is 92.4 Å². The summed E-state index contributed by atoms with van der Waals surface area (Å²) in [5.41, 5.74) is 1.99. The molecule has 0 spiro atoms. The third kappa shape index (κ3) is 2.55. The van der Waals surface area contributed by atoms with Gasteiger partial charge in [-0.25, -0.2) is 0 Å². The Hall–Kier alpha value is -1.05. The van der Waals surface area contributed by atoms with E-state index in [0.717, 1.165) is 37.7 Å². The molecule has 0 aliphatic heterocycles. The minimum atomic E-state index is -0.0586. The maximum atomic E-state index is 13.1. The lowest BCUT2D eigenvalue weighted by Crippen LogP contribution is -2.53. The maximum Gasteiger partial charge on any atom is 0.139 e. The second-order valence-corrected chi connectivity index (χ2v) is 10.4. The fourth-order valence-electron chi connectivity index (χ4n) is 8.31. The first kappa shape index (κ1) is 20.2. The third-order valence-corrected chi connectivity index (χ3v) is 9.89. The summed E-state index contributed by atoms with van der Waals surface area (Å²) in [6.45, 7) is 12.2. The normalized spacial score (nSPS) is 44.7. The number of Topliss-reactive ketones (excluding diaryl/α,β-unsaturated/α-hetero) is 1. The molecular formula is C26H40O2. The van der Waals surface area contributed by atoms with Gasteiger partial charge in [0.15, 0.2) is 0 Å². The highest BCUT2D eigenvalue weighted by atomic mass is 16.5. The van der Waals surface area contributed by atoms with Crippen LogP contribution in [-0.4, -0.2) is 12.4 Å². The zero-order valence-corrected chi connectivity index (χ0v) is 18.8. The van der Waals surface area contributed by atoms with E-state index in [4.69, 9.17) is 4.74 Å². The molecular weight excluding hydrogens is 344 g/mol. The molecule has 0 aromatic heterocycles. The summed E-state index contributed by atoms with van der Waals surface area (Å²) in [4.78, 5) is 13.1. The number of ketones is 1. The summed E-state index contributed by atoms with van der Waals surface area (Å²) in [5.74, 6) is 3.97. The van der Waals surface area contributed by atoms with E-state index in [1.165, 1.54) is 43.4 Å². The Morgan fingerprint density at radius 2 is 1.86 bits per heavy atom. The Balaban J connectivity index is 1.67. The lowest BCUT2D eigenvalue weighted by molar-refractivity contribution is -0.142. The van der Waals surface area contributed by atoms with Gasteiger partial charge in [-0.05, 0) is 92.1 Å². The number of fused-ring (bicyclic) bond motifs is 5. The number of carbonyl (C=O) groups is 1. The average molecular weight is 385 g/mol. The minimum Gasteiger partial charge on any atom is -0.498 e. The standard InChI is InChI=1S/C26H40O2/c1-6-23(27)26(7-2)16-13-22-20-10-9-18-17-19(28-8-3)11-14-24(18,4)21(20)12-15-25(22,26)5/h9,17,20-22H,6-8,10-16H2,1-5H3/t20-,21+,22+,24+,25+,26-/m1/s1. The van der Waals surface area contributed by atoms with Gasteiger partial charge in [0.2, 0.25) is 0 Å². The highest BCUT2D eigenvalue weighted by Gasteiger charge is 2.64. The van der Waals surface area contributed by atoms with Crippen molar-refractivity contribution in [3.63, 3.8) is 0 Å². The Bertz CT molecular complexity index is 703. The van der Waals surface area contributed by atoms with Crippen LogP contribution in [0.1, 0.15) is 92.4 Å². The Morgan fingerprint density at radius 1 is 1.11 bits per heavy atom. The Labute approximate surface area is 172 Å². The quantitative estimate of drug-likeness (QED) is 0.518. The van der Waals surface area contributed by atoms with Crippen molar-refractivity contribution < 1.29 is 9.53 Å². The van der Waals surface area contributed by atoms with Gasteiger partial charge in [-0.15, -0.1) is 0 Å². The molecule has 0 aromatic carbocycles. The molecule has 28 heavy (non-hydrogen) atoms. The predicted octanol–water partition coefficient (Wildman–Crippen LogP) is 6.86. The largest absolute Gasteiger partial charge is 0.498 e. The average Bonchev–Trinajstić information content (AvgIpc) is 3.01. The van der Waals surface area contributed by atoms with Crippen LogP contribution in [0.25, 0.3) is 0 Å². The van der Waals surface area contributed by atoms with Gasteiger partial charge in [0.05, 0.1) is 12.4 Å². The van der Waals surface area contributed by atoms with Crippen molar-refractivity contribution in [2.75, 3.05) is 6.61 Å². The summed E-state index contributed by atoms with van der Waals surface area (Å²) < 4.78 is 5.86. The topological polar surface area (TPSA) is 26.3 Å². The van der Waals surface area contributed by atoms with Crippen LogP contribution < -0.4 is 0 Å². The second-order valence-electron chi connectivity index (χ2n) is 10.4. The van der Waals surface area contributed by atoms with Crippen LogP contribution in [0.2, 0.25) is 0 Å². The monoisotopic (exact) mass is 384 g/mol. The van der Waals surface area contributed by atoms with Crippen LogP contribution in [-0.2, 0) is 9.53 Å². The van der Waals surface area contributed by atoms with Crippen molar-refractivity contribution in [1.29, 1.82) is 0 Å². The van der Waals surface area contributed by atoms with Gasteiger partial charge < -0.3 is 4.74 Å². The minimum absolute atomic E-state index is 0.0586. The third-order valence-electron chi connectivity index (χ3n) is 9.89. The summed E-state index contributed by atoms with van der Waals surface area (Å²) >= 11 is 0. The van der Waals surface area contributed by atoms with Crippen LogP contribution in [0.3, 0.4) is 0 Å². The van der Waals surface area contributed by atoms with Gasteiger partial charge in [0.25, 0.3) is 0 Å². The van der Waals surface area contributed by atoms with Crippen molar-refractivity contribution >= 4 is 5.78 Å². The number of carbonyl (C=O) groups excluding carboxylic acids is 1. The van der Waals surface area contributed by atoms with Crippen LogP contribution in [0, 0.1) is 34.0 Å².